The Morgan fingerprint density at radius 3 is 1.09 bits per heavy atom. The van der Waals surface area contributed by atoms with Crippen LogP contribution in [0, 0.1) is 0 Å². The number of esters is 3. The van der Waals surface area contributed by atoms with E-state index in [1.807, 2.05) is 48.6 Å². The lowest BCUT2D eigenvalue weighted by atomic mass is 10.0. The van der Waals surface area contributed by atoms with Crippen LogP contribution in [-0.4, -0.2) is 37.2 Å². The van der Waals surface area contributed by atoms with Crippen LogP contribution in [0.3, 0.4) is 0 Å². The molecule has 0 aromatic heterocycles. The van der Waals surface area contributed by atoms with Gasteiger partial charge in [0.05, 0.1) is 0 Å². The SMILES string of the molecule is CC\C=C/C=C\C=C/C=C\C=C/CCCCCC(=O)OCC(COC(=O)CCCCCCCCCCCCCCCCCCCC)OC(=O)CCCCC/C=C\C/C=C\C/C=C\C/C=C\CC. The number of allylic oxidation sites excluding steroid dienone is 18. The molecule has 0 saturated heterocycles. The fraction of sp³-hybridized carbons (Fsp3) is 0.656. The Morgan fingerprint density at radius 2 is 0.657 bits per heavy atom. The lowest BCUT2D eigenvalue weighted by molar-refractivity contribution is -0.167. The molecule has 0 fully saturated rings. The van der Waals surface area contributed by atoms with Gasteiger partial charge in [0.15, 0.2) is 6.10 Å². The number of hydrogen-bond acceptors (Lipinski definition) is 6. The van der Waals surface area contributed by atoms with E-state index < -0.39 is 6.10 Å². The second-order valence-corrected chi connectivity index (χ2v) is 17.9. The van der Waals surface area contributed by atoms with E-state index in [1.54, 1.807) is 0 Å². The van der Waals surface area contributed by atoms with Gasteiger partial charge in [-0.25, -0.2) is 0 Å². The van der Waals surface area contributed by atoms with E-state index in [0.29, 0.717) is 12.8 Å². The maximum atomic E-state index is 12.8. The summed E-state index contributed by atoms with van der Waals surface area (Å²) in [6.45, 7) is 6.32. The molecule has 1 atom stereocenters. The number of ether oxygens (including phenoxy) is 3. The minimum atomic E-state index is -0.813. The van der Waals surface area contributed by atoms with Crippen LogP contribution in [0.2, 0.25) is 0 Å². The van der Waals surface area contributed by atoms with Crippen LogP contribution in [0.1, 0.15) is 239 Å². The van der Waals surface area contributed by atoms with Gasteiger partial charge in [0.2, 0.25) is 0 Å². The van der Waals surface area contributed by atoms with Crippen LogP contribution in [0.5, 0.6) is 0 Å². The predicted molar refractivity (Wildman–Crippen MR) is 288 cm³/mol. The van der Waals surface area contributed by atoms with Gasteiger partial charge >= 0.3 is 17.9 Å². The fourth-order valence-electron chi connectivity index (χ4n) is 7.34. The van der Waals surface area contributed by atoms with E-state index in [4.69, 9.17) is 14.2 Å². The molecule has 6 nitrogen and oxygen atoms in total. The molecule has 1 unspecified atom stereocenters. The molecule has 0 aliphatic rings. The molecular formula is C61H100O6. The summed E-state index contributed by atoms with van der Waals surface area (Å²) < 4.78 is 16.8. The lowest BCUT2D eigenvalue weighted by Crippen LogP contribution is -2.30. The largest absolute Gasteiger partial charge is 0.462 e. The van der Waals surface area contributed by atoms with Crippen molar-refractivity contribution in [1.82, 2.24) is 0 Å². The Kier molecular flexibility index (Phi) is 51.5. The van der Waals surface area contributed by atoms with Gasteiger partial charge in [0.25, 0.3) is 0 Å². The Balaban J connectivity index is 4.49. The van der Waals surface area contributed by atoms with Crippen molar-refractivity contribution < 1.29 is 28.6 Å². The highest BCUT2D eigenvalue weighted by atomic mass is 16.6. The summed E-state index contributed by atoms with van der Waals surface area (Å²) in [5.74, 6) is -0.979. The van der Waals surface area contributed by atoms with Crippen LogP contribution in [0.4, 0.5) is 0 Å². The molecule has 0 amide bonds. The van der Waals surface area contributed by atoms with Gasteiger partial charge in [-0.05, 0) is 77.0 Å². The van der Waals surface area contributed by atoms with Crippen molar-refractivity contribution in [3.8, 4) is 0 Å². The summed E-state index contributed by atoms with van der Waals surface area (Å²) in [5, 5.41) is 0. The normalized spacial score (nSPS) is 12.9. The third-order valence-electron chi connectivity index (χ3n) is 11.4. The van der Waals surface area contributed by atoms with Crippen molar-refractivity contribution in [2.24, 2.45) is 0 Å². The van der Waals surface area contributed by atoms with E-state index in [9.17, 15) is 14.4 Å². The molecule has 0 N–H and O–H groups in total. The average molecular weight is 929 g/mol. The molecule has 0 aliphatic carbocycles. The molecule has 0 bridgehead atoms. The van der Waals surface area contributed by atoms with E-state index in [-0.39, 0.29) is 37.5 Å². The summed E-state index contributed by atoms with van der Waals surface area (Å²) in [5.41, 5.74) is 0. The lowest BCUT2D eigenvalue weighted by Gasteiger charge is -2.18. The first-order valence-electron chi connectivity index (χ1n) is 27.5. The minimum absolute atomic E-state index is 0.105. The van der Waals surface area contributed by atoms with Crippen LogP contribution in [0.15, 0.2) is 109 Å². The van der Waals surface area contributed by atoms with E-state index in [2.05, 4.69) is 81.5 Å². The topological polar surface area (TPSA) is 78.9 Å². The van der Waals surface area contributed by atoms with Gasteiger partial charge in [0.1, 0.15) is 13.2 Å². The number of unbranched alkanes of at least 4 members (excludes halogenated alkanes) is 23. The zero-order valence-electron chi connectivity index (χ0n) is 43.4. The maximum absolute atomic E-state index is 12.8. The van der Waals surface area contributed by atoms with Crippen LogP contribution in [-0.2, 0) is 28.6 Å². The quantitative estimate of drug-likeness (QED) is 0.0199. The molecule has 67 heavy (non-hydrogen) atoms. The molecule has 6 heteroatoms. The van der Waals surface area contributed by atoms with Crippen molar-refractivity contribution >= 4 is 17.9 Å². The number of hydrogen-bond donors (Lipinski definition) is 0. The number of carbonyl (C=O) groups excluding carboxylic acids is 3. The van der Waals surface area contributed by atoms with Crippen molar-refractivity contribution in [2.75, 3.05) is 13.2 Å². The van der Waals surface area contributed by atoms with Gasteiger partial charge in [-0.3, -0.25) is 14.4 Å². The fourth-order valence-corrected chi connectivity index (χ4v) is 7.34. The van der Waals surface area contributed by atoms with Crippen LogP contribution < -0.4 is 0 Å². The van der Waals surface area contributed by atoms with Gasteiger partial charge in [0, 0.05) is 19.3 Å². The zero-order valence-corrected chi connectivity index (χ0v) is 43.4. The minimum Gasteiger partial charge on any atom is -0.462 e. The Hall–Kier alpha value is -3.93. The summed E-state index contributed by atoms with van der Waals surface area (Å²) >= 11 is 0. The maximum Gasteiger partial charge on any atom is 0.306 e. The van der Waals surface area contributed by atoms with Crippen LogP contribution >= 0.6 is 0 Å². The summed E-state index contributed by atoms with van der Waals surface area (Å²) in [7, 11) is 0. The predicted octanol–water partition coefficient (Wildman–Crippen LogP) is 18.3. The van der Waals surface area contributed by atoms with Crippen molar-refractivity contribution in [3.63, 3.8) is 0 Å². The summed E-state index contributed by atoms with van der Waals surface area (Å²) in [6, 6.07) is 0. The molecule has 0 rings (SSSR count). The van der Waals surface area contributed by atoms with Gasteiger partial charge < -0.3 is 14.2 Å². The highest BCUT2D eigenvalue weighted by Gasteiger charge is 2.19. The van der Waals surface area contributed by atoms with Crippen LogP contribution in [0.25, 0.3) is 0 Å². The molecule has 0 aromatic carbocycles. The first kappa shape index (κ1) is 63.1. The monoisotopic (exact) mass is 929 g/mol. The standard InChI is InChI=1S/C61H100O6/c1-4-7-10-13-16-19-22-25-28-30-31-34-36-39-42-45-48-51-54-60(63)66-57-58(56-65-59(62)53-50-47-44-41-38-35-32-27-24-21-18-15-12-9-6-3)67-61(64)55-52-49-46-43-40-37-33-29-26-23-20-17-14-11-8-5-2/h8-9,11-12,15,17-18,20-21,24,26-27,29,32,35,37-38,40,58H,4-7,10,13-14,16,19,22-23,25,28,30-31,33-34,36,39,41-57H2,1-3H3/b11-8-,12-9-,18-15-,20-17-,24-21-,29-26-,32-27-,38-35-,40-37-. The number of rotatable bonds is 48. The molecule has 380 valence electrons. The molecule has 0 aliphatic heterocycles. The third kappa shape index (κ3) is 52.9. The van der Waals surface area contributed by atoms with Gasteiger partial charge in [-0.15, -0.1) is 0 Å². The highest BCUT2D eigenvalue weighted by molar-refractivity contribution is 5.71. The van der Waals surface area contributed by atoms with Crippen molar-refractivity contribution in [2.45, 2.75) is 245 Å². The Labute approximate surface area is 412 Å². The molecule has 0 saturated carbocycles. The second-order valence-electron chi connectivity index (χ2n) is 17.9. The van der Waals surface area contributed by atoms with Crippen molar-refractivity contribution in [1.29, 1.82) is 0 Å². The van der Waals surface area contributed by atoms with Gasteiger partial charge in [-0.2, -0.15) is 0 Å². The third-order valence-corrected chi connectivity index (χ3v) is 11.4. The van der Waals surface area contributed by atoms with E-state index in [1.165, 1.54) is 96.3 Å². The summed E-state index contributed by atoms with van der Waals surface area (Å²) in [6.07, 6.45) is 73.6. The molecule has 0 radical (unpaired) electrons. The van der Waals surface area contributed by atoms with Crippen molar-refractivity contribution in [3.05, 3.63) is 109 Å². The zero-order chi connectivity index (χ0) is 48.6. The summed E-state index contributed by atoms with van der Waals surface area (Å²) in [4.78, 5) is 38.1. The Morgan fingerprint density at radius 1 is 0.328 bits per heavy atom. The Bertz CT molecular complexity index is 1390. The molecule has 0 heterocycles. The first-order valence-corrected chi connectivity index (χ1v) is 27.5. The number of carbonyl (C=O) groups is 3. The van der Waals surface area contributed by atoms with E-state index >= 15 is 0 Å². The first-order chi connectivity index (χ1) is 33.0. The smallest absolute Gasteiger partial charge is 0.306 e. The highest BCUT2D eigenvalue weighted by Crippen LogP contribution is 2.15. The molecular weight excluding hydrogens is 829 g/mol. The van der Waals surface area contributed by atoms with E-state index in [0.717, 1.165) is 103 Å². The second kappa shape index (κ2) is 54.7. The molecule has 0 spiro atoms. The van der Waals surface area contributed by atoms with Gasteiger partial charge in [-0.1, -0.05) is 252 Å². The average Bonchev–Trinajstić information content (AvgIpc) is 3.33. The molecule has 0 aromatic rings.